The molecule has 0 fully saturated rings. The summed E-state index contributed by atoms with van der Waals surface area (Å²) in [6.07, 6.45) is 0.413. The van der Waals surface area contributed by atoms with Gasteiger partial charge in [0.2, 0.25) is 11.8 Å². The van der Waals surface area contributed by atoms with Gasteiger partial charge in [-0.1, -0.05) is 43.3 Å². The number of hydrogen-bond donors (Lipinski definition) is 3. The van der Waals surface area contributed by atoms with Crippen molar-refractivity contribution >= 4 is 28.9 Å². The van der Waals surface area contributed by atoms with Gasteiger partial charge in [-0.2, -0.15) is 0 Å². The Labute approximate surface area is 176 Å². The largest absolute Gasteiger partial charge is 0.489 e. The fourth-order valence-electron chi connectivity index (χ4n) is 2.72. The van der Waals surface area contributed by atoms with Crippen LogP contribution in [-0.2, 0) is 16.2 Å². The molecule has 3 aromatic rings. The van der Waals surface area contributed by atoms with Crippen LogP contribution in [0.2, 0.25) is 0 Å². The van der Waals surface area contributed by atoms with Crippen LogP contribution < -0.4 is 20.7 Å². The average molecular weight is 403 g/mol. The van der Waals surface area contributed by atoms with Crippen LogP contribution in [0.1, 0.15) is 18.9 Å². The molecule has 3 rings (SSSR count). The standard InChI is InChI=1S/C24H25N3O3/c1-2-23(28)27-21-10-6-9-20(15-21)25-16-24(29)26-19-11-13-22(14-12-19)30-17-18-7-4-3-5-8-18/h3-15,25H,2,16-17H2,1H3,(H,26,29)(H,27,28). The zero-order chi connectivity index (χ0) is 21.2. The maximum Gasteiger partial charge on any atom is 0.243 e. The van der Waals surface area contributed by atoms with Crippen molar-refractivity contribution in [2.75, 3.05) is 22.5 Å². The van der Waals surface area contributed by atoms with E-state index < -0.39 is 0 Å². The van der Waals surface area contributed by atoms with Crippen LogP contribution in [-0.4, -0.2) is 18.4 Å². The van der Waals surface area contributed by atoms with E-state index >= 15 is 0 Å². The SMILES string of the molecule is CCC(=O)Nc1cccc(NCC(=O)Nc2ccc(OCc3ccccc3)cc2)c1. The third kappa shape index (κ3) is 6.67. The molecular weight excluding hydrogens is 378 g/mol. The van der Waals surface area contributed by atoms with Gasteiger partial charge in [0.1, 0.15) is 12.4 Å². The lowest BCUT2D eigenvalue weighted by atomic mass is 10.2. The summed E-state index contributed by atoms with van der Waals surface area (Å²) in [5.74, 6) is 0.512. The lowest BCUT2D eigenvalue weighted by Crippen LogP contribution is -2.21. The summed E-state index contributed by atoms with van der Waals surface area (Å²) in [4.78, 5) is 23.7. The minimum Gasteiger partial charge on any atom is -0.489 e. The average Bonchev–Trinajstić information content (AvgIpc) is 2.78. The summed E-state index contributed by atoms with van der Waals surface area (Å²) in [6, 6.07) is 24.5. The van der Waals surface area contributed by atoms with Crippen molar-refractivity contribution in [2.24, 2.45) is 0 Å². The first-order valence-electron chi connectivity index (χ1n) is 9.83. The van der Waals surface area contributed by atoms with E-state index in [-0.39, 0.29) is 18.4 Å². The van der Waals surface area contributed by atoms with Gasteiger partial charge in [0.05, 0.1) is 6.54 Å². The van der Waals surface area contributed by atoms with Crippen LogP contribution in [0.5, 0.6) is 5.75 Å². The molecule has 0 heterocycles. The Hall–Kier alpha value is -3.80. The molecule has 0 atom stereocenters. The predicted molar refractivity (Wildman–Crippen MR) is 120 cm³/mol. The monoisotopic (exact) mass is 403 g/mol. The first-order valence-corrected chi connectivity index (χ1v) is 9.83. The Morgan fingerprint density at radius 1 is 0.767 bits per heavy atom. The summed E-state index contributed by atoms with van der Waals surface area (Å²) in [7, 11) is 0. The first kappa shape index (κ1) is 20.9. The zero-order valence-corrected chi connectivity index (χ0v) is 16.9. The molecule has 0 aromatic heterocycles. The van der Waals surface area contributed by atoms with E-state index in [1.807, 2.05) is 54.6 Å². The lowest BCUT2D eigenvalue weighted by Gasteiger charge is -2.11. The molecule has 0 saturated carbocycles. The van der Waals surface area contributed by atoms with Crippen LogP contribution in [0.3, 0.4) is 0 Å². The number of ether oxygens (including phenoxy) is 1. The molecule has 0 unspecified atom stereocenters. The van der Waals surface area contributed by atoms with Gasteiger partial charge in [-0.3, -0.25) is 9.59 Å². The Morgan fingerprint density at radius 3 is 2.20 bits per heavy atom. The van der Waals surface area contributed by atoms with Gasteiger partial charge in [0, 0.05) is 23.5 Å². The van der Waals surface area contributed by atoms with Crippen LogP contribution in [0.15, 0.2) is 78.9 Å². The van der Waals surface area contributed by atoms with Gasteiger partial charge < -0.3 is 20.7 Å². The Kier molecular flexibility index (Phi) is 7.44. The van der Waals surface area contributed by atoms with Crippen molar-refractivity contribution in [3.8, 4) is 5.75 Å². The maximum absolute atomic E-state index is 12.2. The Morgan fingerprint density at radius 2 is 1.47 bits per heavy atom. The molecule has 30 heavy (non-hydrogen) atoms. The number of rotatable bonds is 9. The second-order valence-corrected chi connectivity index (χ2v) is 6.68. The summed E-state index contributed by atoms with van der Waals surface area (Å²) in [5, 5.41) is 8.69. The van der Waals surface area contributed by atoms with Crippen LogP contribution in [0.25, 0.3) is 0 Å². The van der Waals surface area contributed by atoms with E-state index in [2.05, 4.69) is 16.0 Å². The van der Waals surface area contributed by atoms with Gasteiger partial charge in [0.15, 0.2) is 0 Å². The molecule has 3 aromatic carbocycles. The highest BCUT2D eigenvalue weighted by molar-refractivity contribution is 5.94. The molecule has 0 bridgehead atoms. The minimum atomic E-state index is -0.170. The van der Waals surface area contributed by atoms with Crippen molar-refractivity contribution in [1.29, 1.82) is 0 Å². The van der Waals surface area contributed by atoms with Crippen molar-refractivity contribution in [1.82, 2.24) is 0 Å². The van der Waals surface area contributed by atoms with Gasteiger partial charge in [-0.15, -0.1) is 0 Å². The van der Waals surface area contributed by atoms with Crippen molar-refractivity contribution < 1.29 is 14.3 Å². The van der Waals surface area contributed by atoms with Crippen molar-refractivity contribution in [3.05, 3.63) is 84.4 Å². The van der Waals surface area contributed by atoms with Gasteiger partial charge in [-0.05, 0) is 48.0 Å². The third-order valence-electron chi connectivity index (χ3n) is 4.31. The first-order chi connectivity index (χ1) is 14.6. The second-order valence-electron chi connectivity index (χ2n) is 6.68. The molecule has 2 amide bonds. The number of carbonyl (C=O) groups excluding carboxylic acids is 2. The maximum atomic E-state index is 12.2. The zero-order valence-electron chi connectivity index (χ0n) is 16.9. The van der Waals surface area contributed by atoms with Crippen LogP contribution in [0.4, 0.5) is 17.1 Å². The molecule has 6 nitrogen and oxygen atoms in total. The number of anilines is 3. The molecule has 0 saturated heterocycles. The number of amides is 2. The normalized spacial score (nSPS) is 10.2. The van der Waals surface area contributed by atoms with E-state index in [1.54, 1.807) is 31.2 Å². The van der Waals surface area contributed by atoms with E-state index in [1.165, 1.54) is 0 Å². The van der Waals surface area contributed by atoms with Crippen molar-refractivity contribution in [2.45, 2.75) is 20.0 Å². The highest BCUT2D eigenvalue weighted by Gasteiger charge is 2.05. The highest BCUT2D eigenvalue weighted by Crippen LogP contribution is 2.18. The molecule has 3 N–H and O–H groups in total. The molecule has 0 aliphatic rings. The quantitative estimate of drug-likeness (QED) is 0.485. The van der Waals surface area contributed by atoms with Crippen LogP contribution >= 0.6 is 0 Å². The van der Waals surface area contributed by atoms with E-state index in [9.17, 15) is 9.59 Å². The van der Waals surface area contributed by atoms with E-state index in [0.717, 1.165) is 17.0 Å². The van der Waals surface area contributed by atoms with Crippen molar-refractivity contribution in [3.63, 3.8) is 0 Å². The number of hydrogen-bond acceptors (Lipinski definition) is 4. The highest BCUT2D eigenvalue weighted by atomic mass is 16.5. The predicted octanol–water partition coefficient (Wildman–Crippen LogP) is 4.66. The number of nitrogens with one attached hydrogen (secondary N) is 3. The molecule has 0 spiro atoms. The fourth-order valence-corrected chi connectivity index (χ4v) is 2.72. The Bertz CT molecular complexity index is 973. The summed E-state index contributed by atoms with van der Waals surface area (Å²) >= 11 is 0. The number of benzene rings is 3. The topological polar surface area (TPSA) is 79.5 Å². The summed E-state index contributed by atoms with van der Waals surface area (Å²) < 4.78 is 5.75. The van der Waals surface area contributed by atoms with E-state index in [0.29, 0.717) is 24.4 Å². The molecule has 6 heteroatoms. The van der Waals surface area contributed by atoms with Gasteiger partial charge in [0.25, 0.3) is 0 Å². The smallest absolute Gasteiger partial charge is 0.243 e. The number of carbonyl (C=O) groups is 2. The third-order valence-corrected chi connectivity index (χ3v) is 4.31. The Balaban J connectivity index is 1.45. The molecule has 154 valence electrons. The molecule has 0 aliphatic carbocycles. The fraction of sp³-hybridized carbons (Fsp3) is 0.167. The van der Waals surface area contributed by atoms with E-state index in [4.69, 9.17) is 4.74 Å². The molecule has 0 radical (unpaired) electrons. The summed E-state index contributed by atoms with van der Waals surface area (Å²) in [5.41, 5.74) is 3.24. The van der Waals surface area contributed by atoms with Gasteiger partial charge in [-0.25, -0.2) is 0 Å². The summed E-state index contributed by atoms with van der Waals surface area (Å²) in [6.45, 7) is 2.40. The molecule has 0 aliphatic heterocycles. The second kappa shape index (κ2) is 10.7. The van der Waals surface area contributed by atoms with Gasteiger partial charge >= 0.3 is 0 Å². The lowest BCUT2D eigenvalue weighted by molar-refractivity contribution is -0.116. The van der Waals surface area contributed by atoms with Crippen LogP contribution in [0, 0.1) is 0 Å². The molecular formula is C24H25N3O3. The minimum absolute atomic E-state index is 0.0545.